The molecule has 3 amide bonds. The van der Waals surface area contributed by atoms with E-state index in [1.165, 1.54) is 24.8 Å². The van der Waals surface area contributed by atoms with Gasteiger partial charge in [-0.3, -0.25) is 4.79 Å². The summed E-state index contributed by atoms with van der Waals surface area (Å²) in [4.78, 5) is 26.9. The molecule has 0 unspecified atom stereocenters. The average Bonchev–Trinajstić information content (AvgIpc) is 3.16. The third-order valence-electron chi connectivity index (χ3n) is 6.03. The molecule has 6 nitrogen and oxygen atoms in total. The summed E-state index contributed by atoms with van der Waals surface area (Å²) >= 11 is 0. The van der Waals surface area contributed by atoms with Crippen molar-refractivity contribution in [1.82, 2.24) is 15.5 Å². The van der Waals surface area contributed by atoms with Gasteiger partial charge in [0.2, 0.25) is 0 Å². The second-order valence-electron chi connectivity index (χ2n) is 8.00. The van der Waals surface area contributed by atoms with Crippen LogP contribution in [0.5, 0.6) is 0 Å². The van der Waals surface area contributed by atoms with Gasteiger partial charge >= 0.3 is 6.03 Å². The molecule has 0 bridgehead atoms. The monoisotopic (exact) mass is 371 g/mol. The molecule has 0 spiro atoms. The Morgan fingerprint density at radius 2 is 1.56 bits per heavy atom. The predicted molar refractivity (Wildman–Crippen MR) is 102 cm³/mol. The van der Waals surface area contributed by atoms with E-state index in [0.717, 1.165) is 36.8 Å². The summed E-state index contributed by atoms with van der Waals surface area (Å²) in [5.74, 6) is 0.0785. The number of amides is 3. The van der Waals surface area contributed by atoms with E-state index < -0.39 is 0 Å². The van der Waals surface area contributed by atoms with Crippen molar-refractivity contribution < 1.29 is 14.3 Å². The van der Waals surface area contributed by atoms with Crippen molar-refractivity contribution in [2.24, 2.45) is 0 Å². The number of hydrogen-bond donors (Lipinski definition) is 2. The summed E-state index contributed by atoms with van der Waals surface area (Å²) in [6, 6.07) is 6.28. The van der Waals surface area contributed by atoms with Crippen LogP contribution in [0.3, 0.4) is 0 Å². The number of hydrogen-bond acceptors (Lipinski definition) is 3. The van der Waals surface area contributed by atoms with Crippen LogP contribution in [0.1, 0.15) is 66.4 Å². The van der Waals surface area contributed by atoms with Crippen molar-refractivity contribution >= 4 is 11.9 Å². The Hall–Kier alpha value is -2.08. The van der Waals surface area contributed by atoms with E-state index in [1.54, 1.807) is 0 Å². The highest BCUT2D eigenvalue weighted by atomic mass is 16.5. The summed E-state index contributed by atoms with van der Waals surface area (Å²) in [7, 11) is 0. The first kappa shape index (κ1) is 18.3. The van der Waals surface area contributed by atoms with Crippen LogP contribution >= 0.6 is 0 Å². The molecule has 3 aliphatic rings. The van der Waals surface area contributed by atoms with Gasteiger partial charge in [-0.15, -0.1) is 0 Å². The first-order chi connectivity index (χ1) is 13.2. The Bertz CT molecular complexity index is 692. The average molecular weight is 371 g/mol. The molecule has 1 saturated heterocycles. The molecule has 2 N–H and O–H groups in total. The molecule has 6 heteroatoms. The largest absolute Gasteiger partial charge is 0.372 e. The van der Waals surface area contributed by atoms with Gasteiger partial charge < -0.3 is 20.3 Å². The number of piperidine rings is 1. The maximum absolute atomic E-state index is 12.8. The second-order valence-corrected chi connectivity index (χ2v) is 8.00. The van der Waals surface area contributed by atoms with E-state index in [4.69, 9.17) is 4.74 Å². The summed E-state index contributed by atoms with van der Waals surface area (Å²) in [5, 5.41) is 6.20. The Morgan fingerprint density at radius 1 is 0.889 bits per heavy atom. The summed E-state index contributed by atoms with van der Waals surface area (Å²) in [6.07, 6.45) is 7.48. The number of nitrogens with one attached hydrogen (secondary N) is 2. The number of likely N-dealkylation sites (tertiary alicyclic amines) is 1. The first-order valence-corrected chi connectivity index (χ1v) is 10.2. The molecule has 146 valence electrons. The van der Waals surface area contributed by atoms with Crippen molar-refractivity contribution in [1.29, 1.82) is 0 Å². The van der Waals surface area contributed by atoms with E-state index in [2.05, 4.69) is 10.6 Å². The van der Waals surface area contributed by atoms with Crippen molar-refractivity contribution in [3.8, 4) is 0 Å². The van der Waals surface area contributed by atoms with Gasteiger partial charge in [0.15, 0.2) is 0 Å². The number of ether oxygens (including phenoxy) is 1. The van der Waals surface area contributed by atoms with Gasteiger partial charge in [-0.2, -0.15) is 0 Å². The van der Waals surface area contributed by atoms with Crippen molar-refractivity contribution in [2.45, 2.75) is 70.2 Å². The second kappa shape index (κ2) is 8.30. The predicted octanol–water partition coefficient (Wildman–Crippen LogP) is 2.95. The van der Waals surface area contributed by atoms with Crippen LogP contribution in [-0.4, -0.2) is 42.0 Å². The van der Waals surface area contributed by atoms with Crippen LogP contribution in [0.25, 0.3) is 0 Å². The Balaban J connectivity index is 1.24. The Kier molecular flexibility index (Phi) is 5.62. The third kappa shape index (κ3) is 4.43. The Labute approximate surface area is 160 Å². The topological polar surface area (TPSA) is 70.7 Å². The van der Waals surface area contributed by atoms with Crippen LogP contribution in [-0.2, 0) is 18.0 Å². The fourth-order valence-corrected chi connectivity index (χ4v) is 4.37. The zero-order valence-electron chi connectivity index (χ0n) is 15.8. The van der Waals surface area contributed by atoms with Crippen molar-refractivity contribution in [3.05, 3.63) is 34.9 Å². The molecule has 1 saturated carbocycles. The molecular weight excluding hydrogens is 342 g/mol. The van der Waals surface area contributed by atoms with E-state index in [-0.39, 0.29) is 18.0 Å². The maximum Gasteiger partial charge on any atom is 0.315 e. The number of carbonyl (C=O) groups is 2. The lowest BCUT2D eigenvalue weighted by Crippen LogP contribution is -2.51. The zero-order chi connectivity index (χ0) is 18.6. The SMILES string of the molecule is O=C(NC1CCCCC1)NC1CCN(C(=O)c2ccc3c(c2)COC3)CC1. The molecule has 0 radical (unpaired) electrons. The van der Waals surface area contributed by atoms with E-state index in [1.807, 2.05) is 23.1 Å². The molecule has 0 atom stereocenters. The van der Waals surface area contributed by atoms with Gasteiger partial charge in [0.25, 0.3) is 5.91 Å². The Morgan fingerprint density at radius 3 is 2.30 bits per heavy atom. The normalized spacial score (nSPS) is 21.0. The van der Waals surface area contributed by atoms with Crippen LogP contribution in [0, 0.1) is 0 Å². The number of carbonyl (C=O) groups excluding carboxylic acids is 2. The third-order valence-corrected chi connectivity index (χ3v) is 6.03. The van der Waals surface area contributed by atoms with Crippen LogP contribution in [0.4, 0.5) is 4.79 Å². The summed E-state index contributed by atoms with van der Waals surface area (Å²) in [5.41, 5.74) is 3.04. The van der Waals surface area contributed by atoms with Crippen LogP contribution in [0.2, 0.25) is 0 Å². The molecular formula is C21H29N3O3. The van der Waals surface area contributed by atoms with E-state index in [0.29, 0.717) is 32.3 Å². The number of rotatable bonds is 3. The van der Waals surface area contributed by atoms with Crippen molar-refractivity contribution in [2.75, 3.05) is 13.1 Å². The summed E-state index contributed by atoms with van der Waals surface area (Å²) in [6.45, 7) is 2.60. The standard InChI is InChI=1S/C21H29N3O3/c25-20(15-6-7-16-13-27-14-17(16)12-15)24-10-8-19(9-11-24)23-21(26)22-18-4-2-1-3-5-18/h6-7,12,18-19H,1-5,8-11,13-14H2,(H2,22,23,26). The highest BCUT2D eigenvalue weighted by molar-refractivity contribution is 5.94. The fraction of sp³-hybridized carbons (Fsp3) is 0.619. The lowest BCUT2D eigenvalue weighted by atomic mass is 9.96. The number of urea groups is 1. The van der Waals surface area contributed by atoms with Gasteiger partial charge in [-0.05, 0) is 48.9 Å². The lowest BCUT2D eigenvalue weighted by molar-refractivity contribution is 0.0708. The zero-order valence-corrected chi connectivity index (χ0v) is 15.8. The molecule has 27 heavy (non-hydrogen) atoms. The fourth-order valence-electron chi connectivity index (χ4n) is 4.37. The molecule has 1 aliphatic carbocycles. The molecule has 2 fully saturated rings. The molecule has 1 aromatic carbocycles. The van der Waals surface area contributed by atoms with Gasteiger partial charge in [0, 0.05) is 30.7 Å². The molecule has 2 heterocycles. The lowest BCUT2D eigenvalue weighted by Gasteiger charge is -2.33. The van der Waals surface area contributed by atoms with Crippen LogP contribution < -0.4 is 10.6 Å². The molecule has 4 rings (SSSR count). The minimum atomic E-state index is -0.0506. The first-order valence-electron chi connectivity index (χ1n) is 10.2. The molecule has 2 aliphatic heterocycles. The van der Waals surface area contributed by atoms with Crippen molar-refractivity contribution in [3.63, 3.8) is 0 Å². The van der Waals surface area contributed by atoms with Gasteiger partial charge in [0.05, 0.1) is 13.2 Å². The minimum absolute atomic E-state index is 0.0506. The van der Waals surface area contributed by atoms with Crippen LogP contribution in [0.15, 0.2) is 18.2 Å². The van der Waals surface area contributed by atoms with Gasteiger partial charge in [-0.25, -0.2) is 4.79 Å². The number of benzene rings is 1. The summed E-state index contributed by atoms with van der Waals surface area (Å²) < 4.78 is 5.43. The van der Waals surface area contributed by atoms with Gasteiger partial charge in [-0.1, -0.05) is 25.3 Å². The smallest absolute Gasteiger partial charge is 0.315 e. The quantitative estimate of drug-likeness (QED) is 0.858. The molecule has 1 aromatic rings. The highest BCUT2D eigenvalue weighted by Crippen LogP contribution is 2.23. The minimum Gasteiger partial charge on any atom is -0.372 e. The van der Waals surface area contributed by atoms with E-state index in [9.17, 15) is 9.59 Å². The van der Waals surface area contributed by atoms with E-state index >= 15 is 0 Å². The number of fused-ring (bicyclic) bond motifs is 1. The maximum atomic E-state index is 12.8. The van der Waals surface area contributed by atoms with Gasteiger partial charge in [0.1, 0.15) is 0 Å². The highest BCUT2D eigenvalue weighted by Gasteiger charge is 2.26. The number of nitrogens with zero attached hydrogens (tertiary/aromatic N) is 1. The molecule has 0 aromatic heterocycles.